The Hall–Kier alpha value is -2.75. The Morgan fingerprint density at radius 3 is 1.27 bits per heavy atom. The monoisotopic (exact) mass is 528 g/mol. The third-order valence-corrected chi connectivity index (χ3v) is 15.5. The zero-order valence-electron chi connectivity index (χ0n) is 18.3. The summed E-state index contributed by atoms with van der Waals surface area (Å²) in [5.41, 5.74) is -0.0858. The average molecular weight is 529 g/mol. The summed E-state index contributed by atoms with van der Waals surface area (Å²) in [7, 11) is 2.72. The maximum atomic E-state index is 15.7. The standard InChI is InChI=1S/C27H24BrF2O2P/c1-31-24-18-25(32-2)27(30)23(26(24)29)19-33(28,20-12-6-3-7-13-20,21-14-8-4-9-15-21)22-16-10-5-11-17-22/h3-18H,19H2,1-2H3. The molecule has 170 valence electrons. The van der Waals surface area contributed by atoms with Gasteiger partial charge in [-0.05, 0) is 0 Å². The molecule has 4 aromatic rings. The molecular weight excluding hydrogens is 505 g/mol. The summed E-state index contributed by atoms with van der Waals surface area (Å²) in [6.45, 7) is 0. The quantitative estimate of drug-likeness (QED) is 0.261. The van der Waals surface area contributed by atoms with Crippen LogP contribution in [-0.2, 0) is 6.16 Å². The van der Waals surface area contributed by atoms with Crippen LogP contribution in [-0.4, -0.2) is 14.2 Å². The fourth-order valence-corrected chi connectivity index (χ4v) is 11.9. The minimum absolute atomic E-state index is 0.0505. The molecule has 0 aliphatic rings. The van der Waals surface area contributed by atoms with Crippen molar-refractivity contribution >= 4 is 36.7 Å². The molecule has 0 aliphatic carbocycles. The molecule has 0 saturated heterocycles. The first-order valence-electron chi connectivity index (χ1n) is 10.4. The molecule has 0 radical (unpaired) electrons. The van der Waals surface area contributed by atoms with Crippen molar-refractivity contribution in [3.8, 4) is 11.5 Å². The summed E-state index contributed by atoms with van der Waals surface area (Å²) < 4.78 is 41.8. The van der Waals surface area contributed by atoms with Gasteiger partial charge in [0.05, 0.1) is 0 Å². The predicted molar refractivity (Wildman–Crippen MR) is 137 cm³/mol. The Morgan fingerprint density at radius 2 is 0.970 bits per heavy atom. The summed E-state index contributed by atoms with van der Waals surface area (Å²) in [6.07, 6.45) is 0.0505. The molecule has 0 fully saturated rings. The van der Waals surface area contributed by atoms with Gasteiger partial charge in [0.25, 0.3) is 0 Å². The van der Waals surface area contributed by atoms with Gasteiger partial charge in [-0.2, -0.15) is 0 Å². The Bertz CT molecular complexity index is 1120. The van der Waals surface area contributed by atoms with Gasteiger partial charge in [0.2, 0.25) is 0 Å². The van der Waals surface area contributed by atoms with Crippen molar-refractivity contribution in [2.75, 3.05) is 14.2 Å². The third kappa shape index (κ3) is 3.84. The van der Waals surface area contributed by atoms with E-state index in [0.29, 0.717) is 0 Å². The molecule has 4 rings (SSSR count). The number of hydrogen-bond acceptors (Lipinski definition) is 2. The van der Waals surface area contributed by atoms with E-state index in [1.807, 2.05) is 91.0 Å². The Morgan fingerprint density at radius 1 is 0.636 bits per heavy atom. The molecule has 4 aromatic carbocycles. The van der Waals surface area contributed by atoms with E-state index in [-0.39, 0.29) is 23.2 Å². The Kier molecular flexibility index (Phi) is 6.56. The van der Waals surface area contributed by atoms with Gasteiger partial charge in [0.1, 0.15) is 0 Å². The molecule has 6 heteroatoms. The van der Waals surface area contributed by atoms with Crippen LogP contribution < -0.4 is 25.4 Å². The number of rotatable bonds is 7. The van der Waals surface area contributed by atoms with Gasteiger partial charge in [-0.25, -0.2) is 0 Å². The fraction of sp³-hybridized carbons (Fsp3) is 0.111. The van der Waals surface area contributed by atoms with Gasteiger partial charge >= 0.3 is 201 Å². The van der Waals surface area contributed by atoms with Crippen LogP contribution in [0, 0.1) is 11.6 Å². The van der Waals surface area contributed by atoms with Crippen LogP contribution in [0.25, 0.3) is 0 Å². The van der Waals surface area contributed by atoms with Crippen molar-refractivity contribution in [3.05, 3.63) is 114 Å². The summed E-state index contributed by atoms with van der Waals surface area (Å²) in [6, 6.07) is 30.8. The zero-order chi connectivity index (χ0) is 23.5. The molecule has 0 saturated carbocycles. The number of methoxy groups -OCH3 is 2. The second-order valence-electron chi connectivity index (χ2n) is 7.74. The van der Waals surface area contributed by atoms with Crippen molar-refractivity contribution in [2.45, 2.75) is 6.16 Å². The maximum absolute atomic E-state index is 15.7. The van der Waals surface area contributed by atoms with Crippen LogP contribution in [0.2, 0.25) is 0 Å². The van der Waals surface area contributed by atoms with Crippen molar-refractivity contribution < 1.29 is 18.3 Å². The molecule has 33 heavy (non-hydrogen) atoms. The van der Waals surface area contributed by atoms with Crippen LogP contribution in [0.3, 0.4) is 0 Å². The first-order chi connectivity index (χ1) is 15.9. The summed E-state index contributed by atoms with van der Waals surface area (Å²) in [5, 5.41) is -0.721. The van der Waals surface area contributed by atoms with Gasteiger partial charge in [0, 0.05) is 0 Å². The van der Waals surface area contributed by atoms with E-state index in [2.05, 4.69) is 15.5 Å². The van der Waals surface area contributed by atoms with Crippen LogP contribution >= 0.6 is 20.8 Å². The first-order valence-corrected chi connectivity index (χ1v) is 14.9. The second kappa shape index (κ2) is 9.24. The van der Waals surface area contributed by atoms with E-state index >= 15 is 8.78 Å². The number of halogens is 3. The molecule has 0 heterocycles. The number of hydrogen-bond donors (Lipinski definition) is 0. The zero-order valence-corrected chi connectivity index (χ0v) is 20.8. The predicted octanol–water partition coefficient (Wildman–Crippen LogP) is 6.32. The van der Waals surface area contributed by atoms with Crippen LogP contribution in [0.4, 0.5) is 8.78 Å². The van der Waals surface area contributed by atoms with Gasteiger partial charge < -0.3 is 0 Å². The molecule has 0 amide bonds. The fourth-order valence-electron chi connectivity index (χ4n) is 4.31. The van der Waals surface area contributed by atoms with Crippen molar-refractivity contribution in [1.82, 2.24) is 0 Å². The molecule has 0 aromatic heterocycles. The van der Waals surface area contributed by atoms with Crippen LogP contribution in [0.5, 0.6) is 11.5 Å². The van der Waals surface area contributed by atoms with Gasteiger partial charge in [-0.3, -0.25) is 0 Å². The minimum atomic E-state index is -3.60. The molecule has 0 spiro atoms. The van der Waals surface area contributed by atoms with Crippen LogP contribution in [0.15, 0.2) is 97.1 Å². The van der Waals surface area contributed by atoms with Gasteiger partial charge in [-0.15, -0.1) is 0 Å². The van der Waals surface area contributed by atoms with E-state index in [0.717, 1.165) is 15.9 Å². The van der Waals surface area contributed by atoms with Gasteiger partial charge in [0.15, 0.2) is 0 Å². The number of ether oxygens (including phenoxy) is 2. The molecule has 2 nitrogen and oxygen atoms in total. The molecule has 0 unspecified atom stereocenters. The Balaban J connectivity index is 2.14. The van der Waals surface area contributed by atoms with E-state index < -0.39 is 16.9 Å². The number of benzene rings is 4. The van der Waals surface area contributed by atoms with Crippen LogP contribution in [0.1, 0.15) is 5.56 Å². The SMILES string of the molecule is COc1cc(OC)c(F)c(CP(Br)(c2ccccc2)(c2ccccc2)c2ccccc2)c1F. The van der Waals surface area contributed by atoms with Crippen molar-refractivity contribution in [1.29, 1.82) is 0 Å². The molecule has 0 atom stereocenters. The van der Waals surface area contributed by atoms with E-state index in [1.165, 1.54) is 20.3 Å². The summed E-state index contributed by atoms with van der Waals surface area (Å²) in [5.74, 6) is -1.58. The normalized spacial score (nSPS) is 12.6. The van der Waals surface area contributed by atoms with Gasteiger partial charge in [-0.1, -0.05) is 0 Å². The van der Waals surface area contributed by atoms with E-state index in [1.54, 1.807) is 0 Å². The Labute approximate surface area is 200 Å². The average Bonchev–Trinajstić information content (AvgIpc) is 2.88. The summed E-state index contributed by atoms with van der Waals surface area (Å²) >= 11 is 4.23. The molecular formula is C27H24BrF2O2P. The topological polar surface area (TPSA) is 18.5 Å². The van der Waals surface area contributed by atoms with Crippen molar-refractivity contribution in [2.24, 2.45) is 0 Å². The summed E-state index contributed by atoms with van der Waals surface area (Å²) in [4.78, 5) is 0. The molecule has 0 aliphatic heterocycles. The van der Waals surface area contributed by atoms with E-state index in [4.69, 9.17) is 9.47 Å². The first kappa shape index (κ1) is 23.4. The molecule has 0 bridgehead atoms. The third-order valence-electron chi connectivity index (χ3n) is 6.00. The molecule has 0 N–H and O–H groups in total. The second-order valence-corrected chi connectivity index (χ2v) is 16.7. The van der Waals surface area contributed by atoms with Crippen molar-refractivity contribution in [3.63, 3.8) is 0 Å². The van der Waals surface area contributed by atoms with E-state index in [9.17, 15) is 0 Å².